The standard InChI is InChI=1S/C20H20F3N5O3/c1-12-8-28(11-24-12)17-5-4-14(7-18(17)30-3)25-19-26-15(6-16(27-19)13(2)29)9-31-10-20(21,22)23/h4-8,11H,9-10H2,1-3H3,(H,25,26,27). The van der Waals surface area contributed by atoms with E-state index in [1.165, 1.54) is 20.1 Å². The predicted molar refractivity (Wildman–Crippen MR) is 106 cm³/mol. The van der Waals surface area contributed by atoms with Gasteiger partial charge in [0.05, 0.1) is 37.1 Å². The molecule has 31 heavy (non-hydrogen) atoms. The van der Waals surface area contributed by atoms with Gasteiger partial charge < -0.3 is 19.4 Å². The van der Waals surface area contributed by atoms with Crippen LogP contribution in [0.4, 0.5) is 24.8 Å². The third kappa shape index (κ3) is 6.01. The molecular formula is C20H20F3N5O3. The highest BCUT2D eigenvalue weighted by Crippen LogP contribution is 2.28. The van der Waals surface area contributed by atoms with E-state index in [0.717, 1.165) is 11.4 Å². The number of Topliss-reactive ketones (excluding diaryl/α,β-unsaturated/α-hetero) is 1. The highest BCUT2D eigenvalue weighted by Gasteiger charge is 2.27. The number of hydrogen-bond acceptors (Lipinski definition) is 7. The number of halogens is 3. The van der Waals surface area contributed by atoms with Crippen molar-refractivity contribution in [3.63, 3.8) is 0 Å². The SMILES string of the molecule is COc1cc(Nc2nc(COCC(F)(F)F)cc(C(C)=O)n2)ccc1-n1cnc(C)c1. The van der Waals surface area contributed by atoms with Gasteiger partial charge in [-0.3, -0.25) is 4.79 Å². The molecule has 3 aromatic rings. The zero-order valence-electron chi connectivity index (χ0n) is 17.0. The molecule has 2 aromatic heterocycles. The molecule has 0 aliphatic carbocycles. The van der Waals surface area contributed by atoms with Crippen LogP contribution in [0.5, 0.6) is 5.75 Å². The Hall–Kier alpha value is -3.47. The van der Waals surface area contributed by atoms with Crippen molar-refractivity contribution in [2.45, 2.75) is 26.6 Å². The number of ether oxygens (including phenoxy) is 2. The van der Waals surface area contributed by atoms with Crippen molar-refractivity contribution in [3.8, 4) is 11.4 Å². The number of nitrogens with zero attached hydrogens (tertiary/aromatic N) is 4. The number of rotatable bonds is 8. The van der Waals surface area contributed by atoms with Gasteiger partial charge in [-0.05, 0) is 25.1 Å². The van der Waals surface area contributed by atoms with Gasteiger partial charge in [0.1, 0.15) is 18.1 Å². The Morgan fingerprint density at radius 2 is 2.00 bits per heavy atom. The first-order valence-electron chi connectivity index (χ1n) is 9.14. The molecule has 1 aromatic carbocycles. The minimum Gasteiger partial charge on any atom is -0.494 e. The normalized spacial score (nSPS) is 11.4. The average Bonchev–Trinajstić information content (AvgIpc) is 3.12. The second kappa shape index (κ2) is 9.13. The molecule has 0 amide bonds. The summed E-state index contributed by atoms with van der Waals surface area (Å²) in [4.78, 5) is 24.2. The average molecular weight is 435 g/mol. The van der Waals surface area contributed by atoms with E-state index in [-0.39, 0.29) is 23.1 Å². The van der Waals surface area contributed by atoms with Crippen LogP contribution in [0, 0.1) is 6.92 Å². The van der Waals surface area contributed by atoms with E-state index in [4.69, 9.17) is 4.74 Å². The minimum atomic E-state index is -4.45. The summed E-state index contributed by atoms with van der Waals surface area (Å²) < 4.78 is 48.9. The number of anilines is 2. The predicted octanol–water partition coefficient (Wildman–Crippen LogP) is 4.00. The van der Waals surface area contributed by atoms with Crippen LogP contribution in [-0.2, 0) is 11.3 Å². The van der Waals surface area contributed by atoms with Gasteiger partial charge in [0.25, 0.3) is 0 Å². The maximum atomic E-state index is 12.3. The lowest BCUT2D eigenvalue weighted by molar-refractivity contribution is -0.176. The first kappa shape index (κ1) is 22.2. The van der Waals surface area contributed by atoms with E-state index in [1.807, 2.05) is 13.1 Å². The minimum absolute atomic E-state index is 0.0478. The number of aromatic nitrogens is 4. The molecular weight excluding hydrogens is 415 g/mol. The molecule has 0 saturated carbocycles. The van der Waals surface area contributed by atoms with Crippen molar-refractivity contribution in [1.82, 2.24) is 19.5 Å². The third-order valence-electron chi connectivity index (χ3n) is 4.08. The van der Waals surface area contributed by atoms with Crippen LogP contribution in [0.1, 0.15) is 28.8 Å². The molecule has 0 radical (unpaired) electrons. The fourth-order valence-electron chi connectivity index (χ4n) is 2.73. The fraction of sp³-hybridized carbons (Fsp3) is 0.300. The molecule has 1 N–H and O–H groups in total. The number of methoxy groups -OCH3 is 1. The van der Waals surface area contributed by atoms with Gasteiger partial charge in [-0.25, -0.2) is 15.0 Å². The maximum Gasteiger partial charge on any atom is 0.411 e. The van der Waals surface area contributed by atoms with Gasteiger partial charge in [-0.1, -0.05) is 0 Å². The zero-order valence-corrected chi connectivity index (χ0v) is 17.0. The largest absolute Gasteiger partial charge is 0.494 e. The molecule has 164 valence electrons. The van der Waals surface area contributed by atoms with Crippen molar-refractivity contribution in [2.24, 2.45) is 0 Å². The van der Waals surface area contributed by atoms with Crippen LogP contribution in [0.2, 0.25) is 0 Å². The lowest BCUT2D eigenvalue weighted by Gasteiger charge is -2.13. The van der Waals surface area contributed by atoms with Crippen LogP contribution in [0.25, 0.3) is 5.69 Å². The van der Waals surface area contributed by atoms with Crippen molar-refractivity contribution in [1.29, 1.82) is 0 Å². The van der Waals surface area contributed by atoms with Crippen LogP contribution in [0.3, 0.4) is 0 Å². The molecule has 2 heterocycles. The molecule has 8 nitrogen and oxygen atoms in total. The summed E-state index contributed by atoms with van der Waals surface area (Å²) >= 11 is 0. The number of nitrogens with one attached hydrogen (secondary N) is 1. The number of alkyl halides is 3. The molecule has 0 unspecified atom stereocenters. The van der Waals surface area contributed by atoms with E-state index in [1.54, 1.807) is 29.1 Å². The topological polar surface area (TPSA) is 91.2 Å². The Balaban J connectivity index is 1.84. The molecule has 0 spiro atoms. The Labute approximate surface area is 176 Å². The first-order chi connectivity index (χ1) is 14.6. The van der Waals surface area contributed by atoms with Gasteiger partial charge in [0, 0.05) is 24.9 Å². The first-order valence-corrected chi connectivity index (χ1v) is 9.14. The Kier molecular flexibility index (Phi) is 6.54. The second-order valence-corrected chi connectivity index (χ2v) is 6.67. The van der Waals surface area contributed by atoms with Gasteiger partial charge in [0.15, 0.2) is 5.78 Å². The molecule has 0 fully saturated rings. The summed E-state index contributed by atoms with van der Waals surface area (Å²) in [6, 6.07) is 6.55. The van der Waals surface area contributed by atoms with Crippen molar-refractivity contribution in [3.05, 3.63) is 53.9 Å². The van der Waals surface area contributed by atoms with Crippen molar-refractivity contribution in [2.75, 3.05) is 19.0 Å². The van der Waals surface area contributed by atoms with E-state index in [0.29, 0.717) is 11.4 Å². The maximum absolute atomic E-state index is 12.3. The lowest BCUT2D eigenvalue weighted by atomic mass is 10.2. The molecule has 0 aliphatic heterocycles. The number of imidazole rings is 1. The quantitative estimate of drug-likeness (QED) is 0.535. The summed E-state index contributed by atoms with van der Waals surface area (Å²) in [5.74, 6) is 0.233. The molecule has 3 rings (SSSR count). The number of carbonyl (C=O) groups excluding carboxylic acids is 1. The van der Waals surface area contributed by atoms with E-state index < -0.39 is 19.4 Å². The summed E-state index contributed by atoms with van der Waals surface area (Å²) in [5, 5.41) is 2.95. The zero-order chi connectivity index (χ0) is 22.6. The van der Waals surface area contributed by atoms with Gasteiger partial charge in [-0.2, -0.15) is 13.2 Å². The third-order valence-corrected chi connectivity index (χ3v) is 4.08. The van der Waals surface area contributed by atoms with Crippen molar-refractivity contribution >= 4 is 17.4 Å². The number of ketones is 1. The van der Waals surface area contributed by atoms with Gasteiger partial charge in [0.2, 0.25) is 5.95 Å². The van der Waals surface area contributed by atoms with Crippen LogP contribution < -0.4 is 10.1 Å². The molecule has 0 aliphatic rings. The summed E-state index contributed by atoms with van der Waals surface area (Å²) in [5.41, 5.74) is 2.36. The second-order valence-electron chi connectivity index (χ2n) is 6.67. The number of aryl methyl sites for hydroxylation is 1. The smallest absolute Gasteiger partial charge is 0.411 e. The molecule has 11 heteroatoms. The summed E-state index contributed by atoms with van der Waals surface area (Å²) in [6.45, 7) is 1.34. The summed E-state index contributed by atoms with van der Waals surface area (Å²) in [7, 11) is 1.52. The Bertz CT molecular complexity index is 1080. The number of carbonyl (C=O) groups is 1. The Morgan fingerprint density at radius 1 is 1.23 bits per heavy atom. The van der Waals surface area contributed by atoms with Crippen molar-refractivity contribution < 1.29 is 27.4 Å². The van der Waals surface area contributed by atoms with E-state index in [9.17, 15) is 18.0 Å². The van der Waals surface area contributed by atoms with E-state index in [2.05, 4.69) is 25.0 Å². The van der Waals surface area contributed by atoms with Crippen LogP contribution in [0.15, 0.2) is 36.8 Å². The number of benzene rings is 1. The highest BCUT2D eigenvalue weighted by atomic mass is 19.4. The monoisotopic (exact) mass is 435 g/mol. The molecule has 0 saturated heterocycles. The summed E-state index contributed by atoms with van der Waals surface area (Å²) in [6.07, 6.45) is -0.950. The van der Waals surface area contributed by atoms with E-state index >= 15 is 0 Å². The lowest BCUT2D eigenvalue weighted by Crippen LogP contribution is -2.17. The number of hydrogen-bond donors (Lipinski definition) is 1. The van der Waals surface area contributed by atoms with Gasteiger partial charge in [-0.15, -0.1) is 0 Å². The van der Waals surface area contributed by atoms with Crippen LogP contribution >= 0.6 is 0 Å². The van der Waals surface area contributed by atoms with Crippen LogP contribution in [-0.4, -0.2) is 45.2 Å². The highest BCUT2D eigenvalue weighted by molar-refractivity contribution is 5.92. The fourth-order valence-corrected chi connectivity index (χ4v) is 2.73. The molecule has 0 atom stereocenters. The van der Waals surface area contributed by atoms with Gasteiger partial charge >= 0.3 is 6.18 Å². The molecule has 0 bridgehead atoms. The Morgan fingerprint density at radius 3 is 2.61 bits per heavy atom.